The summed E-state index contributed by atoms with van der Waals surface area (Å²) in [6.07, 6.45) is 1.86. The molecule has 1 heterocycles. The topological polar surface area (TPSA) is 12.9 Å². The van der Waals surface area contributed by atoms with E-state index in [0.717, 1.165) is 15.3 Å². The Morgan fingerprint density at radius 2 is 2.06 bits per heavy atom. The van der Waals surface area contributed by atoms with Crippen molar-refractivity contribution in [3.8, 4) is 0 Å². The molecule has 0 bridgehead atoms. The number of nitrogens with zero attached hydrogens (tertiary/aromatic N) is 1. The third kappa shape index (κ3) is 3.33. The zero-order chi connectivity index (χ0) is 12.3. The average molecular weight is 308 g/mol. The summed E-state index contributed by atoms with van der Waals surface area (Å²) in [6.45, 7) is 4.21. The van der Waals surface area contributed by atoms with Crippen LogP contribution in [-0.4, -0.2) is 4.98 Å². The zero-order valence-electron chi connectivity index (χ0n) is 9.90. The number of hydrogen-bond acceptors (Lipinski definition) is 2. The van der Waals surface area contributed by atoms with Gasteiger partial charge in [0.2, 0.25) is 0 Å². The Labute approximate surface area is 115 Å². The van der Waals surface area contributed by atoms with Gasteiger partial charge >= 0.3 is 0 Å². The third-order valence-corrected chi connectivity index (χ3v) is 4.83. The molecule has 88 valence electrons. The van der Waals surface area contributed by atoms with Crippen molar-refractivity contribution in [1.29, 1.82) is 0 Å². The van der Waals surface area contributed by atoms with Crippen LogP contribution in [0, 0.1) is 13.8 Å². The predicted octanol–water partition coefficient (Wildman–Crippen LogP) is 4.75. The molecular formula is C14H14BrNS. The van der Waals surface area contributed by atoms with Crippen molar-refractivity contribution in [3.05, 3.63) is 57.7 Å². The molecule has 0 atom stereocenters. The number of benzene rings is 1. The first-order valence-electron chi connectivity index (χ1n) is 5.46. The SMILES string of the molecule is Cc1cccc(CSc2nccc(C)c2Br)c1. The summed E-state index contributed by atoms with van der Waals surface area (Å²) < 4.78 is 1.11. The summed E-state index contributed by atoms with van der Waals surface area (Å²) in [6, 6.07) is 10.6. The molecule has 0 spiro atoms. The summed E-state index contributed by atoms with van der Waals surface area (Å²) in [5.41, 5.74) is 3.87. The van der Waals surface area contributed by atoms with Gasteiger partial charge in [-0.15, -0.1) is 11.8 Å². The molecule has 17 heavy (non-hydrogen) atoms. The van der Waals surface area contributed by atoms with E-state index in [-0.39, 0.29) is 0 Å². The predicted molar refractivity (Wildman–Crippen MR) is 77.4 cm³/mol. The largest absolute Gasteiger partial charge is 0.249 e. The van der Waals surface area contributed by atoms with Crippen molar-refractivity contribution >= 4 is 27.7 Å². The van der Waals surface area contributed by atoms with E-state index in [9.17, 15) is 0 Å². The van der Waals surface area contributed by atoms with E-state index in [1.165, 1.54) is 16.7 Å². The average Bonchev–Trinajstić information content (AvgIpc) is 2.31. The van der Waals surface area contributed by atoms with Crippen molar-refractivity contribution < 1.29 is 0 Å². The lowest BCUT2D eigenvalue weighted by Crippen LogP contribution is -1.87. The summed E-state index contributed by atoms with van der Waals surface area (Å²) >= 11 is 5.35. The number of halogens is 1. The van der Waals surface area contributed by atoms with Crippen molar-refractivity contribution in [3.63, 3.8) is 0 Å². The monoisotopic (exact) mass is 307 g/mol. The first kappa shape index (κ1) is 12.7. The van der Waals surface area contributed by atoms with Crippen molar-refractivity contribution in [2.75, 3.05) is 0 Å². The lowest BCUT2D eigenvalue weighted by molar-refractivity contribution is 1.08. The molecule has 0 saturated carbocycles. The van der Waals surface area contributed by atoms with E-state index in [1.54, 1.807) is 11.8 Å². The molecule has 0 aliphatic rings. The van der Waals surface area contributed by atoms with Crippen LogP contribution < -0.4 is 0 Å². The summed E-state index contributed by atoms with van der Waals surface area (Å²) in [4.78, 5) is 4.39. The number of aromatic nitrogens is 1. The molecule has 1 aromatic carbocycles. The first-order chi connectivity index (χ1) is 8.16. The molecule has 1 aromatic heterocycles. The number of pyridine rings is 1. The number of thioether (sulfide) groups is 1. The lowest BCUT2D eigenvalue weighted by atomic mass is 10.2. The van der Waals surface area contributed by atoms with Gasteiger partial charge in [0.1, 0.15) is 5.03 Å². The van der Waals surface area contributed by atoms with Crippen molar-refractivity contribution in [2.45, 2.75) is 24.6 Å². The van der Waals surface area contributed by atoms with Crippen molar-refractivity contribution in [2.24, 2.45) is 0 Å². The number of rotatable bonds is 3. The Kier molecular flexibility index (Phi) is 4.24. The summed E-state index contributed by atoms with van der Waals surface area (Å²) in [7, 11) is 0. The fraction of sp³-hybridized carbons (Fsp3) is 0.214. The fourth-order valence-corrected chi connectivity index (χ4v) is 3.05. The Hall–Kier alpha value is -0.800. The van der Waals surface area contributed by atoms with E-state index in [0.29, 0.717) is 0 Å². The lowest BCUT2D eigenvalue weighted by Gasteiger charge is -2.06. The quantitative estimate of drug-likeness (QED) is 0.759. The minimum Gasteiger partial charge on any atom is -0.249 e. The van der Waals surface area contributed by atoms with Crippen LogP contribution in [0.5, 0.6) is 0 Å². The normalized spacial score (nSPS) is 10.5. The van der Waals surface area contributed by atoms with E-state index in [4.69, 9.17) is 0 Å². The fourth-order valence-electron chi connectivity index (χ4n) is 1.57. The highest BCUT2D eigenvalue weighted by Gasteiger charge is 2.05. The number of aryl methyl sites for hydroxylation is 2. The van der Waals surface area contributed by atoms with Crippen LogP contribution in [0.2, 0.25) is 0 Å². The highest BCUT2D eigenvalue weighted by atomic mass is 79.9. The van der Waals surface area contributed by atoms with E-state index in [2.05, 4.69) is 59.0 Å². The molecule has 3 heteroatoms. The molecule has 2 rings (SSSR count). The molecule has 2 aromatic rings. The Morgan fingerprint density at radius 3 is 2.82 bits per heavy atom. The van der Waals surface area contributed by atoms with E-state index in [1.807, 2.05) is 12.3 Å². The van der Waals surface area contributed by atoms with Crippen LogP contribution >= 0.6 is 27.7 Å². The van der Waals surface area contributed by atoms with Crippen LogP contribution in [0.15, 0.2) is 46.0 Å². The highest BCUT2D eigenvalue weighted by Crippen LogP contribution is 2.30. The maximum absolute atomic E-state index is 4.39. The van der Waals surface area contributed by atoms with E-state index >= 15 is 0 Å². The van der Waals surface area contributed by atoms with Gasteiger partial charge in [0.15, 0.2) is 0 Å². The minimum atomic E-state index is 0.955. The number of hydrogen-bond donors (Lipinski definition) is 0. The highest BCUT2D eigenvalue weighted by molar-refractivity contribution is 9.10. The standard InChI is InChI=1S/C14H14BrNS/c1-10-4-3-5-12(8-10)9-17-14-13(15)11(2)6-7-16-14/h3-8H,9H2,1-2H3. The zero-order valence-corrected chi connectivity index (χ0v) is 12.3. The molecule has 0 N–H and O–H groups in total. The second kappa shape index (κ2) is 5.69. The minimum absolute atomic E-state index is 0.955. The van der Waals surface area contributed by atoms with Crippen molar-refractivity contribution in [1.82, 2.24) is 4.98 Å². The van der Waals surface area contributed by atoms with Gasteiger partial charge in [0.25, 0.3) is 0 Å². The van der Waals surface area contributed by atoms with Gasteiger partial charge in [-0.1, -0.05) is 29.8 Å². The second-order valence-corrected chi connectivity index (χ2v) is 5.78. The van der Waals surface area contributed by atoms with Gasteiger partial charge in [-0.25, -0.2) is 4.98 Å². The first-order valence-corrected chi connectivity index (χ1v) is 7.24. The van der Waals surface area contributed by atoms with Gasteiger partial charge in [0, 0.05) is 11.9 Å². The molecule has 0 saturated heterocycles. The maximum Gasteiger partial charge on any atom is 0.111 e. The third-order valence-electron chi connectivity index (χ3n) is 2.51. The summed E-state index contributed by atoms with van der Waals surface area (Å²) in [5.74, 6) is 0.955. The summed E-state index contributed by atoms with van der Waals surface area (Å²) in [5, 5.41) is 1.06. The van der Waals surface area contributed by atoms with Crippen LogP contribution in [0.25, 0.3) is 0 Å². The van der Waals surface area contributed by atoms with E-state index < -0.39 is 0 Å². The molecule has 0 aliphatic heterocycles. The Morgan fingerprint density at radius 1 is 1.24 bits per heavy atom. The molecule has 0 unspecified atom stereocenters. The molecule has 1 nitrogen and oxygen atoms in total. The van der Waals surface area contributed by atoms with Crippen LogP contribution in [0.4, 0.5) is 0 Å². The Bertz CT molecular complexity index is 525. The molecule has 0 radical (unpaired) electrons. The Balaban J connectivity index is 2.10. The second-order valence-electron chi connectivity index (χ2n) is 4.02. The van der Waals surface area contributed by atoms with Gasteiger partial charge in [-0.3, -0.25) is 0 Å². The van der Waals surface area contributed by atoms with Gasteiger partial charge in [-0.2, -0.15) is 0 Å². The van der Waals surface area contributed by atoms with Crippen LogP contribution in [-0.2, 0) is 5.75 Å². The molecule has 0 fully saturated rings. The van der Waals surface area contributed by atoms with Gasteiger partial charge in [-0.05, 0) is 47.0 Å². The molecule has 0 amide bonds. The van der Waals surface area contributed by atoms with Crippen LogP contribution in [0.1, 0.15) is 16.7 Å². The van der Waals surface area contributed by atoms with Gasteiger partial charge < -0.3 is 0 Å². The molecule has 0 aliphatic carbocycles. The van der Waals surface area contributed by atoms with Gasteiger partial charge in [0.05, 0.1) is 4.47 Å². The maximum atomic E-state index is 4.39. The van der Waals surface area contributed by atoms with Crippen LogP contribution in [0.3, 0.4) is 0 Å². The molecular weight excluding hydrogens is 294 g/mol. The smallest absolute Gasteiger partial charge is 0.111 e.